The van der Waals surface area contributed by atoms with Crippen LogP contribution in [-0.2, 0) is 6.42 Å². The van der Waals surface area contributed by atoms with E-state index in [0.29, 0.717) is 6.04 Å². The molecule has 1 N–H and O–H groups in total. The van der Waals surface area contributed by atoms with E-state index in [1.165, 1.54) is 15.3 Å². The van der Waals surface area contributed by atoms with Gasteiger partial charge in [0.05, 0.1) is 6.04 Å². The highest BCUT2D eigenvalue weighted by Crippen LogP contribution is 2.32. The van der Waals surface area contributed by atoms with Gasteiger partial charge in [0.15, 0.2) is 0 Å². The van der Waals surface area contributed by atoms with E-state index in [2.05, 4.69) is 81.4 Å². The molecule has 0 aliphatic carbocycles. The third-order valence-electron chi connectivity index (χ3n) is 3.33. The zero-order valence-electron chi connectivity index (χ0n) is 11.7. The molecular formula is C17H16BrNS2. The molecule has 0 aliphatic rings. The fraction of sp³-hybridized carbons (Fsp3) is 0.176. The van der Waals surface area contributed by atoms with E-state index in [1.807, 2.05) is 22.7 Å². The van der Waals surface area contributed by atoms with Crippen LogP contribution >= 0.6 is 38.6 Å². The van der Waals surface area contributed by atoms with E-state index in [1.54, 1.807) is 0 Å². The Hall–Kier alpha value is -1.10. The van der Waals surface area contributed by atoms with Crippen molar-refractivity contribution in [1.82, 2.24) is 0 Å². The summed E-state index contributed by atoms with van der Waals surface area (Å²) in [7, 11) is 0. The van der Waals surface area contributed by atoms with Crippen LogP contribution in [0.3, 0.4) is 0 Å². The number of aryl methyl sites for hydroxylation is 1. The molecule has 0 radical (unpaired) electrons. The highest BCUT2D eigenvalue weighted by atomic mass is 79.9. The van der Waals surface area contributed by atoms with Crippen LogP contribution in [0.5, 0.6) is 0 Å². The largest absolute Gasteiger partial charge is 0.376 e. The lowest BCUT2D eigenvalue weighted by atomic mass is 10.1. The molecule has 0 bridgehead atoms. The Balaban J connectivity index is 1.85. The molecule has 3 rings (SSSR count). The zero-order chi connectivity index (χ0) is 14.7. The summed E-state index contributed by atoms with van der Waals surface area (Å²) in [4.78, 5) is 2.78. The quantitative estimate of drug-likeness (QED) is 0.551. The number of halogens is 1. The molecule has 108 valence electrons. The van der Waals surface area contributed by atoms with Crippen molar-refractivity contribution in [2.24, 2.45) is 0 Å². The third kappa shape index (κ3) is 3.76. The van der Waals surface area contributed by atoms with Crippen LogP contribution in [-0.4, -0.2) is 0 Å². The molecule has 0 saturated heterocycles. The minimum Gasteiger partial charge on any atom is -0.376 e. The predicted molar refractivity (Wildman–Crippen MR) is 97.6 cm³/mol. The van der Waals surface area contributed by atoms with E-state index in [-0.39, 0.29) is 0 Å². The lowest BCUT2D eigenvalue weighted by Gasteiger charge is -2.19. The fourth-order valence-electron chi connectivity index (χ4n) is 2.27. The number of hydrogen-bond acceptors (Lipinski definition) is 3. The summed E-state index contributed by atoms with van der Waals surface area (Å²) in [5.74, 6) is 0. The Morgan fingerprint density at radius 2 is 1.90 bits per heavy atom. The molecule has 0 saturated carbocycles. The van der Waals surface area contributed by atoms with Gasteiger partial charge < -0.3 is 5.32 Å². The summed E-state index contributed by atoms with van der Waals surface area (Å²) in [6.45, 7) is 2.11. The molecule has 4 heteroatoms. The number of anilines is 1. The summed E-state index contributed by atoms with van der Waals surface area (Å²) in [6.07, 6.45) is 1.01. The lowest BCUT2D eigenvalue weighted by Crippen LogP contribution is -2.12. The number of hydrogen-bond donors (Lipinski definition) is 1. The Morgan fingerprint density at radius 3 is 2.57 bits per heavy atom. The van der Waals surface area contributed by atoms with Crippen molar-refractivity contribution in [3.05, 3.63) is 73.0 Å². The molecule has 2 heterocycles. The maximum absolute atomic E-state index is 3.69. The first kappa shape index (κ1) is 14.8. The van der Waals surface area contributed by atoms with Gasteiger partial charge in [-0.1, -0.05) is 18.2 Å². The molecular weight excluding hydrogens is 362 g/mol. The molecule has 1 unspecified atom stereocenters. The Bertz CT molecular complexity index is 690. The standard InChI is InChI=1S/C17H16BrNS2/c1-12-6-7-15(14(18)10-12)19-16(17-5-3-9-21-17)11-13-4-2-8-20-13/h2-10,16,19H,11H2,1H3. The average Bonchev–Trinajstić information content (AvgIpc) is 3.13. The molecule has 0 fully saturated rings. The molecule has 0 amide bonds. The van der Waals surface area contributed by atoms with E-state index >= 15 is 0 Å². The van der Waals surface area contributed by atoms with Crippen molar-refractivity contribution in [3.63, 3.8) is 0 Å². The first-order valence-electron chi connectivity index (χ1n) is 6.81. The number of rotatable bonds is 5. The molecule has 1 nitrogen and oxygen atoms in total. The van der Waals surface area contributed by atoms with Crippen LogP contribution in [0.25, 0.3) is 0 Å². The van der Waals surface area contributed by atoms with Crippen molar-refractivity contribution in [1.29, 1.82) is 0 Å². The van der Waals surface area contributed by atoms with E-state index in [9.17, 15) is 0 Å². The van der Waals surface area contributed by atoms with Gasteiger partial charge in [0.25, 0.3) is 0 Å². The first-order chi connectivity index (χ1) is 10.2. The molecule has 0 aliphatic heterocycles. The molecule has 21 heavy (non-hydrogen) atoms. The minimum absolute atomic E-state index is 0.308. The number of benzene rings is 1. The van der Waals surface area contributed by atoms with Crippen molar-refractivity contribution < 1.29 is 0 Å². The summed E-state index contributed by atoms with van der Waals surface area (Å²) >= 11 is 7.29. The SMILES string of the molecule is Cc1ccc(NC(Cc2cccs2)c2cccs2)c(Br)c1. The maximum atomic E-state index is 3.69. The summed E-state index contributed by atoms with van der Waals surface area (Å²) in [5.41, 5.74) is 2.41. The van der Waals surface area contributed by atoms with Gasteiger partial charge in [0.1, 0.15) is 0 Å². The van der Waals surface area contributed by atoms with Gasteiger partial charge in [0.2, 0.25) is 0 Å². The van der Waals surface area contributed by atoms with Gasteiger partial charge in [-0.2, -0.15) is 0 Å². The summed E-state index contributed by atoms with van der Waals surface area (Å²) in [6, 6.07) is 15.4. The van der Waals surface area contributed by atoms with Gasteiger partial charge in [-0.25, -0.2) is 0 Å². The lowest BCUT2D eigenvalue weighted by molar-refractivity contribution is 0.801. The Kier molecular flexibility index (Phi) is 4.78. The second-order valence-corrected chi connectivity index (χ2v) is 7.84. The van der Waals surface area contributed by atoms with Crippen LogP contribution in [0.4, 0.5) is 5.69 Å². The molecule has 1 aromatic carbocycles. The van der Waals surface area contributed by atoms with Crippen molar-refractivity contribution in [3.8, 4) is 0 Å². The van der Waals surface area contributed by atoms with E-state index < -0.39 is 0 Å². The third-order valence-corrected chi connectivity index (χ3v) is 5.87. The van der Waals surface area contributed by atoms with Crippen molar-refractivity contribution >= 4 is 44.3 Å². The smallest absolute Gasteiger partial charge is 0.0655 e. The van der Waals surface area contributed by atoms with Gasteiger partial charge in [-0.05, 0) is 63.4 Å². The highest BCUT2D eigenvalue weighted by molar-refractivity contribution is 9.10. The van der Waals surface area contributed by atoms with Crippen LogP contribution in [0.1, 0.15) is 21.4 Å². The highest BCUT2D eigenvalue weighted by Gasteiger charge is 2.15. The molecule has 2 aromatic heterocycles. The average molecular weight is 378 g/mol. The monoisotopic (exact) mass is 377 g/mol. The van der Waals surface area contributed by atoms with Crippen molar-refractivity contribution in [2.45, 2.75) is 19.4 Å². The van der Waals surface area contributed by atoms with E-state index in [0.717, 1.165) is 16.6 Å². The van der Waals surface area contributed by atoms with Crippen LogP contribution in [0.15, 0.2) is 57.7 Å². The predicted octanol–water partition coefficient (Wildman–Crippen LogP) is 6.28. The van der Waals surface area contributed by atoms with E-state index in [4.69, 9.17) is 0 Å². The van der Waals surface area contributed by atoms with Gasteiger partial charge in [0, 0.05) is 26.3 Å². The van der Waals surface area contributed by atoms with Crippen molar-refractivity contribution in [2.75, 3.05) is 5.32 Å². The molecule has 3 aromatic rings. The topological polar surface area (TPSA) is 12.0 Å². The van der Waals surface area contributed by atoms with Gasteiger partial charge in [-0.3, -0.25) is 0 Å². The number of thiophene rings is 2. The van der Waals surface area contributed by atoms with Gasteiger partial charge in [-0.15, -0.1) is 22.7 Å². The minimum atomic E-state index is 0.308. The molecule has 0 spiro atoms. The maximum Gasteiger partial charge on any atom is 0.0655 e. The summed E-state index contributed by atoms with van der Waals surface area (Å²) < 4.78 is 1.12. The second kappa shape index (κ2) is 6.77. The van der Waals surface area contributed by atoms with Crippen LogP contribution < -0.4 is 5.32 Å². The Labute approximate surface area is 141 Å². The summed E-state index contributed by atoms with van der Waals surface area (Å²) in [5, 5.41) is 7.97. The van der Waals surface area contributed by atoms with Crippen LogP contribution in [0, 0.1) is 6.92 Å². The molecule has 1 atom stereocenters. The number of nitrogens with one attached hydrogen (secondary N) is 1. The second-order valence-electron chi connectivity index (χ2n) is 4.98. The first-order valence-corrected chi connectivity index (χ1v) is 9.36. The Morgan fingerprint density at radius 1 is 1.10 bits per heavy atom. The normalized spacial score (nSPS) is 12.3. The zero-order valence-corrected chi connectivity index (χ0v) is 14.9. The fourth-order valence-corrected chi connectivity index (χ4v) is 4.40. The van der Waals surface area contributed by atoms with Gasteiger partial charge >= 0.3 is 0 Å². The van der Waals surface area contributed by atoms with Crippen LogP contribution in [0.2, 0.25) is 0 Å².